The Morgan fingerprint density at radius 2 is 1.43 bits per heavy atom. The number of carbonyl (C=O) groups excluding carboxylic acids is 2. The lowest BCUT2D eigenvalue weighted by Gasteiger charge is -2.22. The van der Waals surface area contributed by atoms with Crippen LogP contribution < -0.4 is 16.0 Å². The Hall–Kier alpha value is -3.39. The second-order valence-electron chi connectivity index (χ2n) is 9.19. The van der Waals surface area contributed by atoms with Crippen LogP contribution in [-0.4, -0.2) is 42.2 Å². The fourth-order valence-electron chi connectivity index (χ4n) is 3.15. The number of nitrogens with two attached hydrogens (primary N) is 1. The number of rotatable bonds is 10. The lowest BCUT2D eigenvalue weighted by molar-refractivity contribution is -0.147. The first-order valence-corrected chi connectivity index (χ1v) is 11.8. The van der Waals surface area contributed by atoms with Crippen LogP contribution in [0.3, 0.4) is 0 Å². The summed E-state index contributed by atoms with van der Waals surface area (Å²) in [7, 11) is 1.61. The third kappa shape index (κ3) is 12.0. The molecule has 35 heavy (non-hydrogen) atoms. The van der Waals surface area contributed by atoms with Crippen LogP contribution in [0.15, 0.2) is 60.7 Å². The van der Waals surface area contributed by atoms with Crippen LogP contribution in [0.1, 0.15) is 46.1 Å². The van der Waals surface area contributed by atoms with Gasteiger partial charge in [-0.15, -0.1) is 0 Å². The molecule has 2 atom stereocenters. The van der Waals surface area contributed by atoms with Gasteiger partial charge in [0.25, 0.3) is 0 Å². The van der Waals surface area contributed by atoms with Crippen molar-refractivity contribution < 1.29 is 24.2 Å². The number of amides is 2. The van der Waals surface area contributed by atoms with Crippen molar-refractivity contribution in [1.29, 1.82) is 0 Å². The normalized spacial score (nSPS) is 12.2. The van der Waals surface area contributed by atoms with Gasteiger partial charge in [0.2, 0.25) is 0 Å². The molecule has 0 aliphatic heterocycles. The Bertz CT molecular complexity index is 904. The van der Waals surface area contributed by atoms with Gasteiger partial charge in [0.15, 0.2) is 0 Å². The van der Waals surface area contributed by atoms with Gasteiger partial charge in [-0.05, 0) is 42.4 Å². The number of esters is 1. The average Bonchev–Trinajstić information content (AvgIpc) is 2.82. The Kier molecular flexibility index (Phi) is 13.1. The highest BCUT2D eigenvalue weighted by Crippen LogP contribution is 2.12. The zero-order chi connectivity index (χ0) is 26.4. The number of carboxylic acids is 1. The number of carboxylic acid groups (broad SMARTS) is 1. The summed E-state index contributed by atoms with van der Waals surface area (Å²) in [5, 5.41) is 11.6. The number of ether oxygens (including phenoxy) is 1. The lowest BCUT2D eigenvalue weighted by Crippen LogP contribution is -2.47. The van der Waals surface area contributed by atoms with Crippen molar-refractivity contribution in [3.05, 3.63) is 66.2 Å². The van der Waals surface area contributed by atoms with Crippen LogP contribution in [0, 0.1) is 11.8 Å². The minimum absolute atomic E-state index is 0.198. The predicted molar refractivity (Wildman–Crippen MR) is 138 cm³/mol. The highest BCUT2D eigenvalue weighted by atomic mass is 16.5. The minimum atomic E-state index is -1.01. The smallest absolute Gasteiger partial charge is 0.326 e. The summed E-state index contributed by atoms with van der Waals surface area (Å²) in [6, 6.07) is 16.9. The SMILES string of the molecule is CC(C)C[C@H](N)C(=O)OCc1ccccc1.CC(C)C[C@H](NC(=O)N(C)c1ccccc1)C(=O)O. The third-order valence-corrected chi connectivity index (χ3v) is 5.00. The Morgan fingerprint density at radius 1 is 0.914 bits per heavy atom. The van der Waals surface area contributed by atoms with Gasteiger partial charge in [-0.25, -0.2) is 9.59 Å². The molecule has 8 nitrogen and oxygen atoms in total. The molecule has 0 spiro atoms. The Balaban J connectivity index is 0.000000355. The Morgan fingerprint density at radius 3 is 1.91 bits per heavy atom. The molecule has 0 bridgehead atoms. The summed E-state index contributed by atoms with van der Waals surface area (Å²) in [6.45, 7) is 8.20. The molecular formula is C27H39N3O5. The maximum absolute atomic E-state index is 12.0. The largest absolute Gasteiger partial charge is 0.480 e. The summed E-state index contributed by atoms with van der Waals surface area (Å²) in [5.74, 6) is -0.733. The molecule has 0 radical (unpaired) electrons. The van der Waals surface area contributed by atoms with Crippen molar-refractivity contribution in [2.45, 2.75) is 59.2 Å². The molecule has 0 aliphatic carbocycles. The van der Waals surface area contributed by atoms with E-state index < -0.39 is 24.1 Å². The molecule has 0 fully saturated rings. The maximum Gasteiger partial charge on any atom is 0.326 e. The first kappa shape index (κ1) is 29.6. The number of carbonyl (C=O) groups is 3. The van der Waals surface area contributed by atoms with Gasteiger partial charge < -0.3 is 20.9 Å². The second kappa shape index (κ2) is 15.5. The summed E-state index contributed by atoms with van der Waals surface area (Å²) < 4.78 is 5.13. The molecule has 0 heterocycles. The van der Waals surface area contributed by atoms with Gasteiger partial charge in [-0.3, -0.25) is 9.69 Å². The van der Waals surface area contributed by atoms with Gasteiger partial charge >= 0.3 is 18.0 Å². The fraction of sp³-hybridized carbons (Fsp3) is 0.444. The highest BCUT2D eigenvalue weighted by molar-refractivity contribution is 5.93. The van der Waals surface area contributed by atoms with Crippen molar-refractivity contribution >= 4 is 23.7 Å². The van der Waals surface area contributed by atoms with E-state index in [2.05, 4.69) is 5.32 Å². The molecule has 2 aromatic carbocycles. The number of nitrogens with zero attached hydrogens (tertiary/aromatic N) is 1. The molecule has 192 valence electrons. The van der Waals surface area contributed by atoms with E-state index in [0.717, 1.165) is 5.56 Å². The molecule has 0 saturated carbocycles. The zero-order valence-electron chi connectivity index (χ0n) is 21.3. The van der Waals surface area contributed by atoms with Gasteiger partial charge in [0, 0.05) is 12.7 Å². The number of nitrogens with one attached hydrogen (secondary N) is 1. The van der Waals surface area contributed by atoms with E-state index in [1.165, 1.54) is 4.90 Å². The fourth-order valence-corrected chi connectivity index (χ4v) is 3.15. The van der Waals surface area contributed by atoms with Crippen LogP contribution in [0.4, 0.5) is 10.5 Å². The second-order valence-corrected chi connectivity index (χ2v) is 9.19. The third-order valence-electron chi connectivity index (χ3n) is 5.00. The molecule has 2 aromatic rings. The number of benzene rings is 2. The molecule has 0 unspecified atom stereocenters. The summed E-state index contributed by atoms with van der Waals surface area (Å²) >= 11 is 0. The molecule has 0 aromatic heterocycles. The predicted octanol–water partition coefficient (Wildman–Crippen LogP) is 4.43. The van der Waals surface area contributed by atoms with Crippen LogP contribution in [0.2, 0.25) is 0 Å². The molecule has 8 heteroatoms. The zero-order valence-corrected chi connectivity index (χ0v) is 21.3. The number of anilines is 1. The summed E-state index contributed by atoms with van der Waals surface area (Å²) in [4.78, 5) is 36.0. The van der Waals surface area contributed by atoms with Gasteiger partial charge in [-0.1, -0.05) is 76.2 Å². The van der Waals surface area contributed by atoms with Crippen molar-refractivity contribution in [1.82, 2.24) is 5.32 Å². The van der Waals surface area contributed by atoms with Crippen LogP contribution >= 0.6 is 0 Å². The van der Waals surface area contributed by atoms with Crippen LogP contribution in [-0.2, 0) is 20.9 Å². The number of aliphatic carboxylic acids is 1. The highest BCUT2D eigenvalue weighted by Gasteiger charge is 2.23. The summed E-state index contributed by atoms with van der Waals surface area (Å²) in [5.41, 5.74) is 7.40. The van der Waals surface area contributed by atoms with E-state index in [9.17, 15) is 14.4 Å². The quantitative estimate of drug-likeness (QED) is 0.428. The molecule has 4 N–H and O–H groups in total. The minimum Gasteiger partial charge on any atom is -0.480 e. The standard InChI is InChI=1S/C14H20N2O3.C13H19NO2/c1-10(2)9-12(13(17)18)15-14(19)16(3)11-7-5-4-6-8-11;1-10(2)8-12(14)13(15)16-9-11-6-4-3-5-7-11/h4-8,10,12H,9H2,1-3H3,(H,15,19)(H,17,18);3-7,10,12H,8-9,14H2,1-2H3/t2*12-/m00/s1. The van der Waals surface area contributed by atoms with E-state index >= 15 is 0 Å². The number of hydrogen-bond acceptors (Lipinski definition) is 5. The maximum atomic E-state index is 12.0. The average molecular weight is 486 g/mol. The van der Waals surface area contributed by atoms with Crippen molar-refractivity contribution in [2.75, 3.05) is 11.9 Å². The monoisotopic (exact) mass is 485 g/mol. The van der Waals surface area contributed by atoms with Crippen molar-refractivity contribution in [3.63, 3.8) is 0 Å². The number of para-hydroxylation sites is 1. The Labute approximate surface area is 208 Å². The topological polar surface area (TPSA) is 122 Å². The van der Waals surface area contributed by atoms with E-state index in [1.807, 2.05) is 76.2 Å². The van der Waals surface area contributed by atoms with Crippen LogP contribution in [0.5, 0.6) is 0 Å². The van der Waals surface area contributed by atoms with Gasteiger partial charge in [-0.2, -0.15) is 0 Å². The van der Waals surface area contributed by atoms with Gasteiger partial charge in [0.05, 0.1) is 0 Å². The lowest BCUT2D eigenvalue weighted by atomic mass is 10.0. The van der Waals surface area contributed by atoms with E-state index in [4.69, 9.17) is 15.6 Å². The van der Waals surface area contributed by atoms with E-state index in [0.29, 0.717) is 31.1 Å². The summed E-state index contributed by atoms with van der Waals surface area (Å²) in [6.07, 6.45) is 1.07. The van der Waals surface area contributed by atoms with E-state index in [1.54, 1.807) is 19.2 Å². The first-order chi connectivity index (χ1) is 16.5. The molecule has 2 amide bonds. The van der Waals surface area contributed by atoms with Crippen LogP contribution in [0.25, 0.3) is 0 Å². The first-order valence-electron chi connectivity index (χ1n) is 11.8. The molecule has 2 rings (SSSR count). The van der Waals surface area contributed by atoms with E-state index in [-0.39, 0.29) is 11.9 Å². The molecular weight excluding hydrogens is 446 g/mol. The number of hydrogen-bond donors (Lipinski definition) is 3. The molecule has 0 aliphatic rings. The number of urea groups is 1. The van der Waals surface area contributed by atoms with Crippen molar-refractivity contribution in [3.8, 4) is 0 Å². The molecule has 0 saturated heterocycles. The van der Waals surface area contributed by atoms with Crippen molar-refractivity contribution in [2.24, 2.45) is 17.6 Å². The van der Waals surface area contributed by atoms with Gasteiger partial charge in [0.1, 0.15) is 18.7 Å².